The number of nitrogens with one attached hydrogen (secondary N) is 2. The molecule has 0 saturated carbocycles. The molecule has 19 heavy (non-hydrogen) atoms. The number of nitrogens with zero attached hydrogens (tertiary/aromatic N) is 2. The lowest BCUT2D eigenvalue weighted by Gasteiger charge is -2.09. The second kappa shape index (κ2) is 5.45. The summed E-state index contributed by atoms with van der Waals surface area (Å²) in [6.07, 6.45) is 3.33. The van der Waals surface area contributed by atoms with Gasteiger partial charge in [0.05, 0.1) is 0 Å². The van der Waals surface area contributed by atoms with Crippen molar-refractivity contribution in [3.8, 4) is 0 Å². The minimum atomic E-state index is -0.212. The van der Waals surface area contributed by atoms with Crippen molar-refractivity contribution in [1.29, 1.82) is 0 Å². The lowest BCUT2D eigenvalue weighted by atomic mass is 10.2. The highest BCUT2D eigenvalue weighted by Gasteiger charge is 2.09. The average Bonchev–Trinajstić information content (AvgIpc) is 2.40. The largest absolute Gasteiger partial charge is 0.322 e. The molecule has 0 spiro atoms. The van der Waals surface area contributed by atoms with Gasteiger partial charge in [0.25, 0.3) is 5.91 Å². The third kappa shape index (κ3) is 3.05. The van der Waals surface area contributed by atoms with Crippen LogP contribution in [0.25, 0.3) is 0 Å². The van der Waals surface area contributed by atoms with Gasteiger partial charge in [0.1, 0.15) is 5.82 Å². The number of amides is 1. The standard InChI is InChI=1S/C13H15N5O/c1-8-7-15-4-3-11(8)17-13(19)10-5-9(2)16-12(6-10)18-14/h3-7H,14H2,1-2H3,(H,16,18)(H,15,17,19). The zero-order chi connectivity index (χ0) is 13.8. The molecular formula is C13H15N5O. The first kappa shape index (κ1) is 13.0. The van der Waals surface area contributed by atoms with Crippen LogP contribution in [0.4, 0.5) is 11.5 Å². The Kier molecular flexibility index (Phi) is 3.72. The molecule has 0 radical (unpaired) electrons. The number of hydrogen-bond donors (Lipinski definition) is 3. The van der Waals surface area contributed by atoms with Gasteiger partial charge in [-0.15, -0.1) is 0 Å². The van der Waals surface area contributed by atoms with Gasteiger partial charge in [0.2, 0.25) is 0 Å². The molecule has 6 heteroatoms. The summed E-state index contributed by atoms with van der Waals surface area (Å²) in [4.78, 5) is 20.3. The zero-order valence-electron chi connectivity index (χ0n) is 10.8. The second-order valence-corrected chi connectivity index (χ2v) is 4.17. The van der Waals surface area contributed by atoms with E-state index in [2.05, 4.69) is 20.7 Å². The van der Waals surface area contributed by atoms with Crippen molar-refractivity contribution in [1.82, 2.24) is 9.97 Å². The van der Waals surface area contributed by atoms with Crippen molar-refractivity contribution in [3.63, 3.8) is 0 Å². The Balaban J connectivity index is 2.25. The zero-order valence-corrected chi connectivity index (χ0v) is 10.8. The fourth-order valence-electron chi connectivity index (χ4n) is 1.68. The molecule has 0 unspecified atom stereocenters. The molecule has 0 bridgehead atoms. The van der Waals surface area contributed by atoms with Crippen LogP contribution in [-0.4, -0.2) is 15.9 Å². The van der Waals surface area contributed by atoms with Crippen molar-refractivity contribution >= 4 is 17.4 Å². The van der Waals surface area contributed by atoms with E-state index in [1.807, 2.05) is 6.92 Å². The topological polar surface area (TPSA) is 92.9 Å². The first-order valence-electron chi connectivity index (χ1n) is 5.77. The van der Waals surface area contributed by atoms with E-state index in [0.29, 0.717) is 17.1 Å². The van der Waals surface area contributed by atoms with Gasteiger partial charge in [0, 0.05) is 29.3 Å². The molecule has 2 aromatic rings. The Morgan fingerprint density at radius 2 is 2.11 bits per heavy atom. The minimum Gasteiger partial charge on any atom is -0.322 e. The molecule has 2 rings (SSSR count). The van der Waals surface area contributed by atoms with E-state index in [9.17, 15) is 4.79 Å². The summed E-state index contributed by atoms with van der Waals surface area (Å²) in [6, 6.07) is 5.05. The number of anilines is 2. The number of hydrogen-bond acceptors (Lipinski definition) is 5. The number of nitrogens with two attached hydrogens (primary N) is 1. The van der Waals surface area contributed by atoms with Gasteiger partial charge in [-0.2, -0.15) is 0 Å². The van der Waals surface area contributed by atoms with Crippen LogP contribution >= 0.6 is 0 Å². The number of rotatable bonds is 3. The molecule has 2 heterocycles. The Bertz CT molecular complexity index is 612. The lowest BCUT2D eigenvalue weighted by Crippen LogP contribution is -2.15. The summed E-state index contributed by atoms with van der Waals surface area (Å²) in [5.41, 5.74) is 5.28. The summed E-state index contributed by atoms with van der Waals surface area (Å²) >= 11 is 0. The smallest absolute Gasteiger partial charge is 0.255 e. The number of aromatic nitrogens is 2. The molecule has 98 valence electrons. The molecule has 6 nitrogen and oxygen atoms in total. The molecule has 1 amide bonds. The summed E-state index contributed by atoms with van der Waals surface area (Å²) in [6.45, 7) is 3.68. The van der Waals surface area contributed by atoms with Crippen LogP contribution in [0.15, 0.2) is 30.6 Å². The van der Waals surface area contributed by atoms with Gasteiger partial charge in [-0.1, -0.05) is 0 Å². The fourth-order valence-corrected chi connectivity index (χ4v) is 1.68. The highest BCUT2D eigenvalue weighted by molar-refractivity contribution is 6.05. The maximum absolute atomic E-state index is 12.2. The molecule has 0 fully saturated rings. The SMILES string of the molecule is Cc1cc(C(=O)Nc2ccncc2C)cc(NN)n1. The number of pyridine rings is 2. The quantitative estimate of drug-likeness (QED) is 0.574. The average molecular weight is 257 g/mol. The van der Waals surface area contributed by atoms with Crippen LogP contribution in [0.5, 0.6) is 0 Å². The molecule has 0 aliphatic heterocycles. The van der Waals surface area contributed by atoms with Crippen molar-refractivity contribution in [2.24, 2.45) is 5.84 Å². The van der Waals surface area contributed by atoms with Gasteiger partial charge < -0.3 is 10.7 Å². The third-order valence-electron chi connectivity index (χ3n) is 2.63. The minimum absolute atomic E-state index is 0.212. The van der Waals surface area contributed by atoms with E-state index in [4.69, 9.17) is 5.84 Å². The molecule has 0 aromatic carbocycles. The van der Waals surface area contributed by atoms with E-state index in [1.165, 1.54) is 0 Å². The number of aryl methyl sites for hydroxylation is 2. The normalized spacial score (nSPS) is 10.1. The third-order valence-corrected chi connectivity index (χ3v) is 2.63. The molecule has 0 saturated heterocycles. The lowest BCUT2D eigenvalue weighted by molar-refractivity contribution is 0.102. The fraction of sp³-hybridized carbons (Fsp3) is 0.154. The summed E-state index contributed by atoms with van der Waals surface area (Å²) in [5.74, 6) is 5.56. The Labute approximate surface area is 111 Å². The summed E-state index contributed by atoms with van der Waals surface area (Å²) in [5, 5.41) is 2.83. The van der Waals surface area contributed by atoms with Crippen LogP contribution in [0.3, 0.4) is 0 Å². The van der Waals surface area contributed by atoms with Crippen molar-refractivity contribution in [3.05, 3.63) is 47.4 Å². The first-order valence-corrected chi connectivity index (χ1v) is 5.77. The molecular weight excluding hydrogens is 242 g/mol. The van der Waals surface area contributed by atoms with Crippen LogP contribution in [0.1, 0.15) is 21.6 Å². The van der Waals surface area contributed by atoms with Gasteiger partial charge in [-0.3, -0.25) is 9.78 Å². The monoisotopic (exact) mass is 257 g/mol. The predicted octanol–water partition coefficient (Wildman–Crippen LogP) is 1.63. The van der Waals surface area contributed by atoms with Crippen LogP contribution in [0.2, 0.25) is 0 Å². The first-order chi connectivity index (χ1) is 9.10. The highest BCUT2D eigenvalue weighted by atomic mass is 16.1. The predicted molar refractivity (Wildman–Crippen MR) is 73.7 cm³/mol. The molecule has 0 aliphatic carbocycles. The van der Waals surface area contributed by atoms with Gasteiger partial charge >= 0.3 is 0 Å². The van der Waals surface area contributed by atoms with E-state index in [1.54, 1.807) is 37.5 Å². The van der Waals surface area contributed by atoms with Crippen molar-refractivity contribution in [2.75, 3.05) is 10.7 Å². The molecule has 0 aliphatic rings. The Morgan fingerprint density at radius 3 is 2.79 bits per heavy atom. The van der Waals surface area contributed by atoms with E-state index in [0.717, 1.165) is 11.3 Å². The number of hydrazine groups is 1. The van der Waals surface area contributed by atoms with Crippen LogP contribution < -0.4 is 16.6 Å². The molecule has 2 aromatic heterocycles. The number of nitrogen functional groups attached to an aromatic ring is 1. The van der Waals surface area contributed by atoms with Crippen LogP contribution in [-0.2, 0) is 0 Å². The summed E-state index contributed by atoms with van der Waals surface area (Å²) < 4.78 is 0. The van der Waals surface area contributed by atoms with Gasteiger partial charge in [-0.25, -0.2) is 10.8 Å². The maximum atomic E-state index is 12.2. The summed E-state index contributed by atoms with van der Waals surface area (Å²) in [7, 11) is 0. The van der Waals surface area contributed by atoms with E-state index < -0.39 is 0 Å². The molecule has 4 N–H and O–H groups in total. The Hall–Kier alpha value is -2.47. The van der Waals surface area contributed by atoms with Gasteiger partial charge in [-0.05, 0) is 37.6 Å². The van der Waals surface area contributed by atoms with E-state index in [-0.39, 0.29) is 5.91 Å². The van der Waals surface area contributed by atoms with Crippen molar-refractivity contribution < 1.29 is 4.79 Å². The maximum Gasteiger partial charge on any atom is 0.255 e. The van der Waals surface area contributed by atoms with E-state index >= 15 is 0 Å². The number of carbonyl (C=O) groups is 1. The molecule has 0 atom stereocenters. The van der Waals surface area contributed by atoms with Gasteiger partial charge in [0.15, 0.2) is 0 Å². The highest BCUT2D eigenvalue weighted by Crippen LogP contribution is 2.15. The number of carbonyl (C=O) groups excluding carboxylic acids is 1. The van der Waals surface area contributed by atoms with Crippen LogP contribution in [0, 0.1) is 13.8 Å². The Morgan fingerprint density at radius 1 is 1.32 bits per heavy atom. The van der Waals surface area contributed by atoms with Crippen molar-refractivity contribution in [2.45, 2.75) is 13.8 Å². The second-order valence-electron chi connectivity index (χ2n) is 4.17.